The molecule has 3 aliphatic heterocycles. The monoisotopic (exact) mass is 702 g/mol. The normalized spacial score (nSPS) is 36.6. The van der Waals surface area contributed by atoms with E-state index in [-0.39, 0.29) is 34.1 Å². The molecule has 0 saturated carbocycles. The number of nitrogen functional groups attached to an aromatic ring is 2. The van der Waals surface area contributed by atoms with Crippen molar-refractivity contribution in [1.82, 2.24) is 38.6 Å². The zero-order valence-corrected chi connectivity index (χ0v) is 26.1. The van der Waals surface area contributed by atoms with E-state index in [1.807, 2.05) is 0 Å². The molecule has 3 unspecified atom stereocenters. The standard InChI is InChI=1S/C22H28N10O13P2/c1-30-19(35)11-18(29-22(30)24)32(7-28-11)21-12(33)14-9(43-21)4-41-47(38,39-2)45-15-8(3-40-46(36,37)44-14)42-20(13(15)34)31-6-27-10-16(23)25-5-26-17(10)31/h5-9,12-15,20-21,33-34H,3-4H2,1-2H3,(H2,24,29)(H,36,37)(H2,23,25,26)/t8-,9?,12-,13-,14-,15-,20-,21-,47?/m1/s1. The van der Waals surface area contributed by atoms with Crippen LogP contribution in [0.5, 0.6) is 0 Å². The maximum atomic E-state index is 13.7. The molecular formula is C22H28N10O13P2. The summed E-state index contributed by atoms with van der Waals surface area (Å²) >= 11 is 0. The van der Waals surface area contributed by atoms with Crippen molar-refractivity contribution in [3.63, 3.8) is 0 Å². The predicted octanol–water partition coefficient (Wildman–Crippen LogP) is -1.68. The van der Waals surface area contributed by atoms with Crippen molar-refractivity contribution >= 4 is 49.7 Å². The second-order valence-electron chi connectivity index (χ2n) is 10.7. The molecule has 23 nitrogen and oxygen atoms in total. The Kier molecular flexibility index (Phi) is 7.94. The molecule has 3 fully saturated rings. The number of hydrogen-bond donors (Lipinski definition) is 5. The molecule has 3 aliphatic rings. The van der Waals surface area contributed by atoms with Gasteiger partial charge in [0, 0.05) is 14.2 Å². The Bertz CT molecular complexity index is 2000. The van der Waals surface area contributed by atoms with Gasteiger partial charge in [0.05, 0.1) is 25.9 Å². The number of imidazole rings is 2. The van der Waals surface area contributed by atoms with E-state index in [1.54, 1.807) is 0 Å². The van der Waals surface area contributed by atoms with Crippen LogP contribution >= 0.6 is 15.6 Å². The van der Waals surface area contributed by atoms with E-state index >= 15 is 0 Å². The van der Waals surface area contributed by atoms with Gasteiger partial charge in [0.25, 0.3) is 5.56 Å². The van der Waals surface area contributed by atoms with E-state index in [4.69, 9.17) is 43.6 Å². The summed E-state index contributed by atoms with van der Waals surface area (Å²) in [4.78, 5) is 43.6. The number of aliphatic hydroxyl groups excluding tert-OH is 2. The molecule has 4 aromatic heterocycles. The van der Waals surface area contributed by atoms with E-state index in [0.717, 1.165) is 18.0 Å². The van der Waals surface area contributed by atoms with Gasteiger partial charge in [0.15, 0.2) is 35.1 Å². The molecule has 7 rings (SSSR count). The molecule has 0 spiro atoms. The minimum atomic E-state index is -5.04. The molecule has 0 radical (unpaired) electrons. The van der Waals surface area contributed by atoms with Gasteiger partial charge in [-0.05, 0) is 0 Å². The summed E-state index contributed by atoms with van der Waals surface area (Å²) in [5.41, 5.74) is 11.4. The van der Waals surface area contributed by atoms with Crippen LogP contribution in [0.15, 0.2) is 23.8 Å². The molecule has 0 aromatic carbocycles. The van der Waals surface area contributed by atoms with E-state index in [2.05, 4.69) is 24.9 Å². The van der Waals surface area contributed by atoms with Crippen molar-refractivity contribution in [1.29, 1.82) is 0 Å². The first-order valence-corrected chi connectivity index (χ1v) is 16.7. The van der Waals surface area contributed by atoms with Crippen molar-refractivity contribution in [3.05, 3.63) is 29.3 Å². The molecule has 7 N–H and O–H groups in total. The van der Waals surface area contributed by atoms with Crippen molar-refractivity contribution in [2.45, 2.75) is 49.1 Å². The summed E-state index contributed by atoms with van der Waals surface area (Å²) in [6, 6.07) is 0. The van der Waals surface area contributed by atoms with Crippen molar-refractivity contribution < 1.29 is 56.3 Å². The van der Waals surface area contributed by atoms with Crippen LogP contribution in [0.3, 0.4) is 0 Å². The largest absolute Gasteiger partial charge is 0.475 e. The Balaban J connectivity index is 1.19. The van der Waals surface area contributed by atoms with Gasteiger partial charge in [-0.3, -0.25) is 41.1 Å². The van der Waals surface area contributed by atoms with Crippen LogP contribution in [0.1, 0.15) is 12.5 Å². The van der Waals surface area contributed by atoms with E-state index in [1.165, 1.54) is 28.8 Å². The molecule has 10 atom stereocenters. The number of nitrogens with two attached hydrogens (primary N) is 2. The van der Waals surface area contributed by atoms with Gasteiger partial charge in [-0.1, -0.05) is 0 Å². The smallest absolute Gasteiger partial charge is 0.386 e. The third kappa shape index (κ3) is 5.43. The lowest BCUT2D eigenvalue weighted by Crippen LogP contribution is -2.39. The topological polar surface area (TPSA) is 308 Å². The van der Waals surface area contributed by atoms with Crippen molar-refractivity contribution in [3.8, 4) is 0 Å². The number of aliphatic hydroxyl groups is 2. The number of rotatable bonds is 3. The number of ether oxygens (including phenoxy) is 2. The van der Waals surface area contributed by atoms with Crippen LogP contribution in [-0.2, 0) is 48.3 Å². The zero-order chi connectivity index (χ0) is 33.4. The highest BCUT2D eigenvalue weighted by molar-refractivity contribution is 7.48. The third-order valence-electron chi connectivity index (χ3n) is 7.92. The lowest BCUT2D eigenvalue weighted by atomic mass is 10.1. The Hall–Kier alpha value is -3.44. The summed E-state index contributed by atoms with van der Waals surface area (Å²) in [5, 5.41) is 22.5. The number of aromatic nitrogens is 8. The maximum absolute atomic E-state index is 13.7. The number of hydrogen-bond acceptors (Lipinski definition) is 19. The van der Waals surface area contributed by atoms with Crippen molar-refractivity contribution in [2.24, 2.45) is 7.05 Å². The highest BCUT2D eigenvalue weighted by Gasteiger charge is 2.54. The minimum Gasteiger partial charge on any atom is -0.386 e. The summed E-state index contributed by atoms with van der Waals surface area (Å²) in [6.45, 7) is -1.46. The molecule has 0 bridgehead atoms. The van der Waals surface area contributed by atoms with Gasteiger partial charge in [0.1, 0.15) is 48.5 Å². The number of fused-ring (bicyclic) bond motifs is 4. The summed E-state index contributed by atoms with van der Waals surface area (Å²) in [7, 11) is -7.17. The van der Waals surface area contributed by atoms with Crippen LogP contribution in [0, 0.1) is 0 Å². The summed E-state index contributed by atoms with van der Waals surface area (Å²) in [6.07, 6.45) is -8.42. The van der Waals surface area contributed by atoms with Crippen molar-refractivity contribution in [2.75, 3.05) is 31.8 Å². The fourth-order valence-corrected chi connectivity index (χ4v) is 7.63. The molecule has 25 heteroatoms. The lowest BCUT2D eigenvalue weighted by molar-refractivity contribution is -0.0674. The summed E-state index contributed by atoms with van der Waals surface area (Å²) < 4.78 is 69.1. The maximum Gasteiger partial charge on any atom is 0.475 e. The van der Waals surface area contributed by atoms with Gasteiger partial charge < -0.3 is 36.0 Å². The average Bonchev–Trinajstić information content (AvgIpc) is 3.79. The fraction of sp³-hybridized carbons (Fsp3) is 0.545. The van der Waals surface area contributed by atoms with Crippen LogP contribution in [0.25, 0.3) is 22.3 Å². The molecule has 7 heterocycles. The first-order chi connectivity index (χ1) is 22.3. The molecular weight excluding hydrogens is 674 g/mol. The van der Waals surface area contributed by atoms with Gasteiger partial charge in [0.2, 0.25) is 5.95 Å². The second kappa shape index (κ2) is 11.6. The Morgan fingerprint density at radius 1 is 0.894 bits per heavy atom. The molecule has 254 valence electrons. The number of phosphoric ester groups is 2. The summed E-state index contributed by atoms with van der Waals surface area (Å²) in [5.74, 6) is -0.101. The highest BCUT2D eigenvalue weighted by atomic mass is 31.2. The minimum absolute atomic E-state index is 0.0597. The van der Waals surface area contributed by atoms with E-state index in [9.17, 15) is 29.0 Å². The van der Waals surface area contributed by atoms with Crippen LogP contribution in [0.4, 0.5) is 11.8 Å². The first kappa shape index (κ1) is 32.1. The molecule has 0 amide bonds. The predicted molar refractivity (Wildman–Crippen MR) is 153 cm³/mol. The molecule has 4 aromatic rings. The Morgan fingerprint density at radius 3 is 2.15 bits per heavy atom. The fourth-order valence-electron chi connectivity index (χ4n) is 5.52. The van der Waals surface area contributed by atoms with E-state index in [0.29, 0.717) is 0 Å². The number of anilines is 2. The lowest BCUT2D eigenvalue weighted by Gasteiger charge is -2.28. The quantitative estimate of drug-likeness (QED) is 0.149. The molecule has 47 heavy (non-hydrogen) atoms. The Morgan fingerprint density at radius 2 is 1.49 bits per heavy atom. The first-order valence-electron chi connectivity index (χ1n) is 13.7. The average molecular weight is 702 g/mol. The number of nitrogens with zero attached hydrogens (tertiary/aromatic N) is 8. The van der Waals surface area contributed by atoms with Gasteiger partial charge in [-0.2, -0.15) is 4.98 Å². The molecule has 0 aliphatic carbocycles. The second-order valence-corrected chi connectivity index (χ2v) is 13.8. The molecule has 3 saturated heterocycles. The van der Waals surface area contributed by atoms with Crippen LogP contribution in [0.2, 0.25) is 0 Å². The third-order valence-corrected chi connectivity index (χ3v) is 10.3. The number of phosphoric acid groups is 2. The van der Waals surface area contributed by atoms with Gasteiger partial charge in [-0.15, -0.1) is 0 Å². The van der Waals surface area contributed by atoms with Crippen LogP contribution in [-0.4, -0.2) is 111 Å². The van der Waals surface area contributed by atoms with Gasteiger partial charge in [-0.25, -0.2) is 29.1 Å². The SMILES string of the molecule is COP1(=O)OCC2O[C@@H](n3cnc4c(=O)n(C)c(N)nc43)[C@H](O)[C@@H]2OP(=O)(O)OC[C@H]2O[C@@H](n3cnc4c(N)ncnc43)[C@H](O)[C@@H]2O1. The highest BCUT2D eigenvalue weighted by Crippen LogP contribution is 2.55. The van der Waals surface area contributed by atoms with Crippen LogP contribution < -0.4 is 17.0 Å². The van der Waals surface area contributed by atoms with Gasteiger partial charge >= 0.3 is 15.6 Å². The Labute approximate surface area is 262 Å². The van der Waals surface area contributed by atoms with E-state index < -0.39 is 83.5 Å². The zero-order valence-electron chi connectivity index (χ0n) is 24.3.